The highest BCUT2D eigenvalue weighted by Gasteiger charge is 2.24. The van der Waals surface area contributed by atoms with Gasteiger partial charge in [-0.15, -0.1) is 0 Å². The van der Waals surface area contributed by atoms with Gasteiger partial charge in [0, 0.05) is 0 Å². The van der Waals surface area contributed by atoms with Crippen LogP contribution in [0.25, 0.3) is 0 Å². The molecule has 1 rings (SSSR count). The standard InChI is InChI=1S/C5H7O2/c6-5(7)4-2-1-3-4/h1,4H,2-3H2,(H,6,7). The van der Waals surface area contributed by atoms with Gasteiger partial charge in [-0.25, -0.2) is 0 Å². The minimum absolute atomic E-state index is 0.0556. The van der Waals surface area contributed by atoms with Gasteiger partial charge >= 0.3 is 5.97 Å². The third kappa shape index (κ3) is 0.734. The second kappa shape index (κ2) is 1.52. The Bertz CT molecular complexity index is 84.1. The zero-order valence-electron chi connectivity index (χ0n) is 3.92. The number of carboxylic acids is 1. The summed E-state index contributed by atoms with van der Waals surface area (Å²) in [4.78, 5) is 9.96. The van der Waals surface area contributed by atoms with Gasteiger partial charge in [0.05, 0.1) is 5.92 Å². The average Bonchev–Trinajstić information content (AvgIpc) is 1.23. The highest BCUT2D eigenvalue weighted by molar-refractivity contribution is 5.71. The van der Waals surface area contributed by atoms with Crippen LogP contribution in [-0.2, 0) is 4.79 Å². The fourth-order valence-corrected chi connectivity index (χ4v) is 0.535. The van der Waals surface area contributed by atoms with E-state index in [0.29, 0.717) is 0 Å². The van der Waals surface area contributed by atoms with E-state index >= 15 is 0 Å². The first-order valence-corrected chi connectivity index (χ1v) is 2.35. The van der Waals surface area contributed by atoms with Crippen LogP contribution in [-0.4, -0.2) is 11.1 Å². The number of hydrogen-bond acceptors (Lipinski definition) is 1. The first-order chi connectivity index (χ1) is 3.30. The lowest BCUT2D eigenvalue weighted by Gasteiger charge is -2.19. The summed E-state index contributed by atoms with van der Waals surface area (Å²) in [5.41, 5.74) is 0. The maximum absolute atomic E-state index is 9.96. The largest absolute Gasteiger partial charge is 0.481 e. The molecule has 39 valence electrons. The molecule has 2 heteroatoms. The Kier molecular flexibility index (Phi) is 1.01. The van der Waals surface area contributed by atoms with Gasteiger partial charge in [-0.2, -0.15) is 0 Å². The third-order valence-electron chi connectivity index (χ3n) is 1.25. The smallest absolute Gasteiger partial charge is 0.306 e. The molecule has 0 spiro atoms. The number of carboxylic acid groups (broad SMARTS) is 1. The molecule has 0 heterocycles. The predicted molar refractivity (Wildman–Crippen MR) is 24.7 cm³/mol. The van der Waals surface area contributed by atoms with Gasteiger partial charge < -0.3 is 5.11 Å². The number of hydrogen-bond donors (Lipinski definition) is 1. The number of carbonyl (C=O) groups is 1. The zero-order valence-corrected chi connectivity index (χ0v) is 3.92. The summed E-state index contributed by atoms with van der Waals surface area (Å²) in [5, 5.41) is 8.21. The van der Waals surface area contributed by atoms with E-state index in [4.69, 9.17) is 5.11 Å². The van der Waals surface area contributed by atoms with Crippen LogP contribution in [0.15, 0.2) is 0 Å². The van der Waals surface area contributed by atoms with Crippen molar-refractivity contribution in [2.45, 2.75) is 12.8 Å². The van der Waals surface area contributed by atoms with E-state index in [1.807, 2.05) is 6.42 Å². The van der Waals surface area contributed by atoms with Gasteiger partial charge in [-0.3, -0.25) is 4.79 Å². The van der Waals surface area contributed by atoms with Crippen LogP contribution in [0.2, 0.25) is 0 Å². The van der Waals surface area contributed by atoms with Crippen LogP contribution in [0, 0.1) is 12.3 Å². The van der Waals surface area contributed by atoms with Gasteiger partial charge in [0.15, 0.2) is 0 Å². The molecule has 1 saturated carbocycles. The van der Waals surface area contributed by atoms with Crippen molar-refractivity contribution in [2.24, 2.45) is 5.92 Å². The molecule has 1 radical (unpaired) electrons. The minimum Gasteiger partial charge on any atom is -0.481 e. The molecular formula is C5H7O2. The van der Waals surface area contributed by atoms with Crippen LogP contribution in [0.5, 0.6) is 0 Å². The Morgan fingerprint density at radius 1 is 1.71 bits per heavy atom. The topological polar surface area (TPSA) is 37.3 Å². The Hall–Kier alpha value is -0.530. The maximum atomic E-state index is 9.96. The first kappa shape index (κ1) is 4.62. The summed E-state index contributed by atoms with van der Waals surface area (Å²) in [6.45, 7) is 0. The Labute approximate surface area is 42.1 Å². The second-order valence-corrected chi connectivity index (χ2v) is 1.80. The van der Waals surface area contributed by atoms with Crippen LogP contribution < -0.4 is 0 Å². The molecule has 1 fully saturated rings. The van der Waals surface area contributed by atoms with Crippen molar-refractivity contribution in [2.75, 3.05) is 0 Å². The van der Waals surface area contributed by atoms with E-state index in [-0.39, 0.29) is 5.92 Å². The average molecular weight is 99.1 g/mol. The lowest BCUT2D eigenvalue weighted by Crippen LogP contribution is -2.21. The first-order valence-electron chi connectivity index (χ1n) is 2.35. The van der Waals surface area contributed by atoms with E-state index < -0.39 is 5.97 Å². The summed E-state index contributed by atoms with van der Waals surface area (Å²) in [6, 6.07) is 0. The molecule has 1 aliphatic carbocycles. The summed E-state index contributed by atoms with van der Waals surface area (Å²) in [6.07, 6.45) is 3.53. The van der Waals surface area contributed by atoms with Crippen LogP contribution in [0.3, 0.4) is 0 Å². The van der Waals surface area contributed by atoms with E-state index in [1.165, 1.54) is 0 Å². The van der Waals surface area contributed by atoms with Crippen molar-refractivity contribution in [3.8, 4) is 0 Å². The fraction of sp³-hybridized carbons (Fsp3) is 0.600. The predicted octanol–water partition coefficient (Wildman–Crippen LogP) is 0.685. The summed E-state index contributed by atoms with van der Waals surface area (Å²) < 4.78 is 0. The van der Waals surface area contributed by atoms with Crippen molar-refractivity contribution in [1.29, 1.82) is 0 Å². The highest BCUT2D eigenvalue weighted by Crippen LogP contribution is 2.24. The molecule has 1 N–H and O–H groups in total. The molecule has 0 bridgehead atoms. The molecule has 7 heavy (non-hydrogen) atoms. The minimum atomic E-state index is -0.650. The van der Waals surface area contributed by atoms with Gasteiger partial charge in [0.1, 0.15) is 0 Å². The molecule has 2 nitrogen and oxygen atoms in total. The van der Waals surface area contributed by atoms with E-state index in [1.54, 1.807) is 0 Å². The zero-order chi connectivity index (χ0) is 5.28. The van der Waals surface area contributed by atoms with Crippen LogP contribution in [0.1, 0.15) is 12.8 Å². The van der Waals surface area contributed by atoms with E-state index in [9.17, 15) is 4.79 Å². The highest BCUT2D eigenvalue weighted by atomic mass is 16.4. The van der Waals surface area contributed by atoms with Crippen molar-refractivity contribution in [1.82, 2.24) is 0 Å². The maximum Gasteiger partial charge on any atom is 0.306 e. The second-order valence-electron chi connectivity index (χ2n) is 1.80. The summed E-state index contributed by atoms with van der Waals surface area (Å²) >= 11 is 0. The molecule has 0 aliphatic heterocycles. The normalized spacial score (nSPS) is 21.1. The van der Waals surface area contributed by atoms with Crippen LogP contribution in [0.4, 0.5) is 0 Å². The van der Waals surface area contributed by atoms with Gasteiger partial charge in [-0.05, 0) is 19.3 Å². The molecule has 0 aromatic carbocycles. The molecule has 0 amide bonds. The van der Waals surface area contributed by atoms with Gasteiger partial charge in [-0.1, -0.05) is 0 Å². The number of rotatable bonds is 1. The van der Waals surface area contributed by atoms with Gasteiger partial charge in [0.25, 0.3) is 0 Å². The third-order valence-corrected chi connectivity index (χ3v) is 1.25. The van der Waals surface area contributed by atoms with Crippen molar-refractivity contribution < 1.29 is 9.90 Å². The molecule has 0 atom stereocenters. The monoisotopic (exact) mass is 99.0 g/mol. The molecule has 0 aromatic heterocycles. The van der Waals surface area contributed by atoms with E-state index in [0.717, 1.165) is 12.8 Å². The molecule has 0 unspecified atom stereocenters. The molecule has 1 aliphatic rings. The van der Waals surface area contributed by atoms with Crippen molar-refractivity contribution >= 4 is 5.97 Å². The molecule has 0 saturated heterocycles. The Balaban J connectivity index is 2.27. The lowest BCUT2D eigenvalue weighted by atomic mass is 9.86. The SMILES string of the molecule is O=C(O)C1C[CH]C1. The molecular weight excluding hydrogens is 92.1 g/mol. The van der Waals surface area contributed by atoms with Gasteiger partial charge in [0.2, 0.25) is 0 Å². The van der Waals surface area contributed by atoms with E-state index in [2.05, 4.69) is 0 Å². The van der Waals surface area contributed by atoms with Crippen molar-refractivity contribution in [3.05, 3.63) is 6.42 Å². The summed E-state index contributed by atoms with van der Waals surface area (Å²) in [7, 11) is 0. The Morgan fingerprint density at radius 2 is 2.29 bits per heavy atom. The number of aliphatic carboxylic acids is 1. The lowest BCUT2D eigenvalue weighted by molar-refractivity contribution is -0.143. The summed E-state index contributed by atoms with van der Waals surface area (Å²) in [5.74, 6) is -0.706. The fourth-order valence-electron chi connectivity index (χ4n) is 0.535. The van der Waals surface area contributed by atoms with Crippen LogP contribution >= 0.6 is 0 Å². The quantitative estimate of drug-likeness (QED) is 0.525. The molecule has 0 aromatic rings. The van der Waals surface area contributed by atoms with Crippen molar-refractivity contribution in [3.63, 3.8) is 0 Å². The Morgan fingerprint density at radius 3 is 2.29 bits per heavy atom.